The highest BCUT2D eigenvalue weighted by atomic mass is 19.1. The van der Waals surface area contributed by atoms with Crippen molar-refractivity contribution in [2.24, 2.45) is 4.99 Å². The number of nitrogens with zero attached hydrogens (tertiary/aromatic N) is 2. The summed E-state index contributed by atoms with van der Waals surface area (Å²) < 4.78 is 19.3. The number of aromatic nitrogens is 1. The second-order valence-electron chi connectivity index (χ2n) is 7.37. The Morgan fingerprint density at radius 3 is 2.71 bits per heavy atom. The Morgan fingerprint density at radius 2 is 1.89 bits per heavy atom. The van der Waals surface area contributed by atoms with Crippen LogP contribution in [0.2, 0.25) is 0 Å². The zero-order valence-corrected chi connectivity index (χ0v) is 15.3. The molecule has 3 aromatic rings. The summed E-state index contributed by atoms with van der Waals surface area (Å²) >= 11 is 0. The lowest BCUT2D eigenvalue weighted by molar-refractivity contribution is -0.116. The number of fused-ring (bicyclic) bond motifs is 1. The molecule has 0 saturated heterocycles. The van der Waals surface area contributed by atoms with E-state index in [0.717, 1.165) is 46.4 Å². The van der Waals surface area contributed by atoms with Crippen LogP contribution < -0.4 is 0 Å². The van der Waals surface area contributed by atoms with Gasteiger partial charge in [-0.1, -0.05) is 29.8 Å². The largest absolute Gasteiger partial charge is 0.440 e. The van der Waals surface area contributed by atoms with E-state index in [2.05, 4.69) is 4.98 Å². The molecule has 1 aliphatic carbocycles. The van der Waals surface area contributed by atoms with E-state index in [9.17, 15) is 9.18 Å². The van der Waals surface area contributed by atoms with Gasteiger partial charge in [0.1, 0.15) is 17.4 Å². The van der Waals surface area contributed by atoms with Crippen molar-refractivity contribution in [3.8, 4) is 0 Å². The predicted molar refractivity (Wildman–Crippen MR) is 105 cm³/mol. The zero-order chi connectivity index (χ0) is 19.1. The molecular formula is C23H19FN2O2. The molecular weight excluding hydrogens is 355 g/mol. The summed E-state index contributed by atoms with van der Waals surface area (Å²) in [4.78, 5) is 22.1. The third-order valence-electron chi connectivity index (χ3n) is 5.45. The van der Waals surface area contributed by atoms with Crippen LogP contribution in [0.25, 0.3) is 11.1 Å². The number of carbonyl (C=O) groups excluding carboxylic acids is 1. The molecule has 1 aliphatic heterocycles. The minimum atomic E-state index is -0.364. The Labute approximate surface area is 161 Å². The van der Waals surface area contributed by atoms with Crippen LogP contribution in [0, 0.1) is 5.82 Å². The van der Waals surface area contributed by atoms with Gasteiger partial charge in [0, 0.05) is 24.1 Å². The van der Waals surface area contributed by atoms with Crippen LogP contribution >= 0.6 is 0 Å². The first-order valence-electron chi connectivity index (χ1n) is 9.58. The molecule has 2 aromatic carbocycles. The molecule has 5 rings (SSSR count). The molecule has 1 atom stereocenters. The van der Waals surface area contributed by atoms with Gasteiger partial charge in [0.15, 0.2) is 11.4 Å². The van der Waals surface area contributed by atoms with Crippen LogP contribution in [-0.2, 0) is 11.2 Å². The minimum absolute atomic E-state index is 0.167. The first kappa shape index (κ1) is 17.0. The highest BCUT2D eigenvalue weighted by molar-refractivity contribution is 6.02. The van der Waals surface area contributed by atoms with Crippen molar-refractivity contribution >= 4 is 22.6 Å². The molecule has 0 N–H and O–H groups in total. The number of allylic oxidation sites excluding steroid dienone is 1. The molecule has 28 heavy (non-hydrogen) atoms. The van der Waals surface area contributed by atoms with E-state index >= 15 is 0 Å². The molecule has 0 saturated carbocycles. The number of para-hydroxylation sites is 2. The third-order valence-corrected chi connectivity index (χ3v) is 5.45. The summed E-state index contributed by atoms with van der Waals surface area (Å²) in [5, 5.41) is 0. The maximum Gasteiger partial charge on any atom is 0.201 e. The van der Waals surface area contributed by atoms with Gasteiger partial charge in [0.2, 0.25) is 5.89 Å². The van der Waals surface area contributed by atoms with Crippen LogP contribution in [0.15, 0.2) is 69.1 Å². The van der Waals surface area contributed by atoms with Crippen LogP contribution in [0.4, 0.5) is 4.39 Å². The average Bonchev–Trinajstić information content (AvgIpc) is 3.10. The molecule has 0 amide bonds. The van der Waals surface area contributed by atoms with E-state index in [1.54, 1.807) is 12.1 Å². The van der Waals surface area contributed by atoms with Crippen molar-refractivity contribution in [1.82, 2.24) is 4.98 Å². The van der Waals surface area contributed by atoms with Crippen molar-refractivity contribution < 1.29 is 13.6 Å². The fraction of sp³-hybridized carbons (Fsp3) is 0.261. The Hall–Kier alpha value is -3.08. The molecule has 0 bridgehead atoms. The van der Waals surface area contributed by atoms with E-state index in [1.807, 2.05) is 24.3 Å². The number of aliphatic imine (C=N–C) groups is 1. The van der Waals surface area contributed by atoms with Crippen LogP contribution in [-0.4, -0.2) is 16.5 Å². The normalized spacial score (nSPS) is 19.7. The number of benzene rings is 2. The van der Waals surface area contributed by atoms with E-state index in [-0.39, 0.29) is 17.6 Å². The SMILES string of the molecule is O=C1CCCC2=C1C(c1ccc(F)cc1)N=C(Cc1nc3ccccc3o1)C2. The van der Waals surface area contributed by atoms with E-state index in [0.29, 0.717) is 25.2 Å². The number of Topliss-reactive ketones (excluding diaryl/α,β-unsaturated/α-hetero) is 1. The van der Waals surface area contributed by atoms with Gasteiger partial charge in [-0.25, -0.2) is 9.37 Å². The van der Waals surface area contributed by atoms with Crippen molar-refractivity contribution in [3.63, 3.8) is 0 Å². The molecule has 140 valence electrons. The third kappa shape index (κ3) is 3.07. The van der Waals surface area contributed by atoms with Crippen LogP contribution in [0.1, 0.15) is 43.2 Å². The van der Waals surface area contributed by atoms with Gasteiger partial charge in [0.25, 0.3) is 0 Å². The van der Waals surface area contributed by atoms with Gasteiger partial charge in [-0.05, 0) is 42.7 Å². The molecule has 1 aromatic heterocycles. The van der Waals surface area contributed by atoms with Crippen molar-refractivity contribution in [1.29, 1.82) is 0 Å². The first-order valence-corrected chi connectivity index (χ1v) is 9.58. The Balaban J connectivity index is 1.52. The maximum absolute atomic E-state index is 13.4. The molecule has 0 fully saturated rings. The van der Waals surface area contributed by atoms with Gasteiger partial charge >= 0.3 is 0 Å². The molecule has 2 aliphatic rings. The van der Waals surface area contributed by atoms with E-state index < -0.39 is 0 Å². The van der Waals surface area contributed by atoms with Gasteiger partial charge < -0.3 is 4.42 Å². The monoisotopic (exact) mass is 374 g/mol. The topological polar surface area (TPSA) is 55.5 Å². The first-order chi connectivity index (χ1) is 13.7. The summed E-state index contributed by atoms with van der Waals surface area (Å²) in [7, 11) is 0. The maximum atomic E-state index is 13.4. The highest BCUT2D eigenvalue weighted by Crippen LogP contribution is 2.40. The molecule has 4 nitrogen and oxygen atoms in total. The van der Waals surface area contributed by atoms with Crippen molar-refractivity contribution in [2.45, 2.75) is 38.1 Å². The minimum Gasteiger partial charge on any atom is -0.440 e. The Kier molecular flexibility index (Phi) is 4.15. The summed E-state index contributed by atoms with van der Waals surface area (Å²) in [5.74, 6) is 0.503. The second kappa shape index (κ2) is 6.82. The lowest BCUT2D eigenvalue weighted by Gasteiger charge is -2.29. The molecule has 1 unspecified atom stereocenters. The lowest BCUT2D eigenvalue weighted by Crippen LogP contribution is -2.24. The Bertz CT molecular complexity index is 1090. The fourth-order valence-electron chi connectivity index (χ4n) is 4.16. The fourth-order valence-corrected chi connectivity index (χ4v) is 4.16. The number of hydrogen-bond acceptors (Lipinski definition) is 4. The van der Waals surface area contributed by atoms with Crippen LogP contribution in [0.3, 0.4) is 0 Å². The quantitative estimate of drug-likeness (QED) is 0.637. The number of hydrogen-bond donors (Lipinski definition) is 0. The van der Waals surface area contributed by atoms with Crippen molar-refractivity contribution in [3.05, 3.63) is 76.9 Å². The molecule has 2 heterocycles. The lowest BCUT2D eigenvalue weighted by atomic mass is 9.79. The predicted octanol–water partition coefficient (Wildman–Crippen LogP) is 5.15. The summed E-state index contributed by atoms with van der Waals surface area (Å²) in [6, 6.07) is 13.6. The average molecular weight is 374 g/mol. The van der Waals surface area contributed by atoms with Crippen LogP contribution in [0.5, 0.6) is 0 Å². The second-order valence-corrected chi connectivity index (χ2v) is 7.37. The van der Waals surface area contributed by atoms with Gasteiger partial charge in [-0.15, -0.1) is 0 Å². The number of ketones is 1. The van der Waals surface area contributed by atoms with Gasteiger partial charge in [-0.2, -0.15) is 0 Å². The number of dihydropyridines is 1. The zero-order valence-electron chi connectivity index (χ0n) is 15.3. The summed E-state index contributed by atoms with van der Waals surface area (Å²) in [6.45, 7) is 0. The van der Waals surface area contributed by atoms with Gasteiger partial charge in [0.05, 0.1) is 6.42 Å². The molecule has 0 radical (unpaired) electrons. The molecule has 0 spiro atoms. The van der Waals surface area contributed by atoms with Gasteiger partial charge in [-0.3, -0.25) is 9.79 Å². The smallest absolute Gasteiger partial charge is 0.201 e. The highest BCUT2D eigenvalue weighted by Gasteiger charge is 2.32. The summed E-state index contributed by atoms with van der Waals surface area (Å²) in [5.41, 5.74) is 5.35. The summed E-state index contributed by atoms with van der Waals surface area (Å²) in [6.07, 6.45) is 3.54. The van der Waals surface area contributed by atoms with E-state index in [1.165, 1.54) is 12.1 Å². The standard InChI is InChI=1S/C23H19FN2O2/c24-16-10-8-14(9-11-16)23-22-15(4-3-6-19(22)27)12-17(25-23)13-21-26-18-5-1-2-7-20(18)28-21/h1-2,5,7-11,23H,3-4,6,12-13H2. The van der Waals surface area contributed by atoms with E-state index in [4.69, 9.17) is 9.41 Å². The van der Waals surface area contributed by atoms with Crippen molar-refractivity contribution in [2.75, 3.05) is 0 Å². The number of carbonyl (C=O) groups is 1. The Morgan fingerprint density at radius 1 is 1.07 bits per heavy atom. The number of halogens is 1. The molecule has 5 heteroatoms. The number of rotatable bonds is 3. The number of oxazole rings is 1.